The molecule has 1 spiro atoms. The van der Waals surface area contributed by atoms with Crippen LogP contribution in [0, 0.1) is 0 Å². The molecule has 0 bridgehead atoms. The van der Waals surface area contributed by atoms with Crippen molar-refractivity contribution in [1.82, 2.24) is 14.9 Å². The number of thioether (sulfide) groups is 2. The Morgan fingerprint density at radius 1 is 1.03 bits per heavy atom. The second-order valence-corrected chi connectivity index (χ2v) is 12.4. The number of amides is 2. The van der Waals surface area contributed by atoms with Gasteiger partial charge in [0.05, 0.1) is 16.5 Å². The lowest BCUT2D eigenvalue weighted by Crippen LogP contribution is -2.44. The lowest BCUT2D eigenvalue weighted by Gasteiger charge is -2.38. The van der Waals surface area contributed by atoms with Crippen LogP contribution in [-0.4, -0.2) is 55.4 Å². The Balaban J connectivity index is 1.29. The first kappa shape index (κ1) is 22.2. The average molecular weight is 511 g/mol. The molecule has 0 saturated carbocycles. The minimum absolute atomic E-state index is 0.0873. The van der Waals surface area contributed by atoms with Crippen LogP contribution >= 0.6 is 35.1 Å². The Morgan fingerprint density at radius 3 is 2.56 bits per heavy atom. The summed E-state index contributed by atoms with van der Waals surface area (Å²) in [5.41, 5.74) is 1.97. The summed E-state index contributed by atoms with van der Waals surface area (Å²) < 4.78 is 0.294. The molecule has 2 aromatic heterocycles. The number of hydrogen-bond acceptors (Lipinski definition) is 6. The molecule has 2 fully saturated rings. The Hall–Kier alpha value is -2.29. The molecule has 0 radical (unpaired) electrons. The molecule has 3 aliphatic rings. The Bertz CT molecular complexity index is 1290. The van der Waals surface area contributed by atoms with E-state index in [1.165, 1.54) is 11.5 Å². The van der Waals surface area contributed by atoms with Crippen LogP contribution in [0.4, 0.5) is 5.82 Å². The summed E-state index contributed by atoms with van der Waals surface area (Å²) >= 11 is 10.2. The van der Waals surface area contributed by atoms with E-state index >= 15 is 0 Å². The summed E-state index contributed by atoms with van der Waals surface area (Å²) in [6.45, 7) is 1.55. The number of hydrogen-bond donors (Lipinski definition) is 0. The summed E-state index contributed by atoms with van der Waals surface area (Å²) in [4.78, 5) is 39.5. The molecule has 34 heavy (non-hydrogen) atoms. The highest BCUT2D eigenvalue weighted by molar-refractivity contribution is 8.21. The van der Waals surface area contributed by atoms with Crippen molar-refractivity contribution in [2.75, 3.05) is 29.5 Å². The molecule has 3 aromatic rings. The molecule has 1 unspecified atom stereocenters. The third kappa shape index (κ3) is 3.85. The monoisotopic (exact) mass is 510 g/mol. The first-order valence-electron chi connectivity index (χ1n) is 11.4. The second kappa shape index (κ2) is 8.73. The van der Waals surface area contributed by atoms with Crippen molar-refractivity contribution >= 4 is 63.8 Å². The fourth-order valence-electron chi connectivity index (χ4n) is 5.13. The summed E-state index contributed by atoms with van der Waals surface area (Å²) in [6, 6.07) is 14.4. The summed E-state index contributed by atoms with van der Waals surface area (Å²) in [5, 5.41) is 1.19. The SMILES string of the molecule is O=C(CC1c2ccccc2C(=O)N1c1ccc2ccc(Cl)nc2n1)N1CCC2(CC1)SCCS2. The van der Waals surface area contributed by atoms with Crippen LogP contribution in [0.2, 0.25) is 5.15 Å². The molecule has 0 N–H and O–H groups in total. The van der Waals surface area contributed by atoms with Crippen LogP contribution in [0.15, 0.2) is 48.5 Å². The number of likely N-dealkylation sites (tertiary alicyclic amines) is 1. The van der Waals surface area contributed by atoms with E-state index in [9.17, 15) is 9.59 Å². The summed E-state index contributed by atoms with van der Waals surface area (Å²) in [7, 11) is 0. The zero-order valence-electron chi connectivity index (χ0n) is 18.4. The first-order valence-corrected chi connectivity index (χ1v) is 13.8. The number of piperidine rings is 1. The average Bonchev–Trinajstić information content (AvgIpc) is 3.42. The largest absolute Gasteiger partial charge is 0.342 e. The normalized spacial score (nSPS) is 21.4. The highest BCUT2D eigenvalue weighted by Crippen LogP contribution is 2.50. The van der Waals surface area contributed by atoms with Gasteiger partial charge in [0.25, 0.3) is 5.91 Å². The van der Waals surface area contributed by atoms with E-state index in [-0.39, 0.29) is 18.2 Å². The van der Waals surface area contributed by atoms with Crippen LogP contribution in [0.1, 0.15) is 41.2 Å². The van der Waals surface area contributed by atoms with Gasteiger partial charge in [-0.05, 0) is 48.7 Å². The number of halogens is 1. The number of fused-ring (bicyclic) bond motifs is 2. The molecule has 2 saturated heterocycles. The molecule has 1 atom stereocenters. The quantitative estimate of drug-likeness (QED) is 0.453. The third-order valence-corrected chi connectivity index (χ3v) is 10.8. The molecule has 9 heteroatoms. The molecule has 6 nitrogen and oxygen atoms in total. The molecule has 5 heterocycles. The van der Waals surface area contributed by atoms with Crippen LogP contribution in [0.3, 0.4) is 0 Å². The zero-order valence-corrected chi connectivity index (χ0v) is 20.8. The van der Waals surface area contributed by atoms with E-state index in [2.05, 4.69) is 33.5 Å². The van der Waals surface area contributed by atoms with E-state index in [0.717, 1.165) is 36.9 Å². The standard InChI is InChI=1S/C25H23ClN4O2S2/c26-20-7-5-16-6-8-21(28-23(16)27-20)30-19(17-3-1-2-4-18(17)24(30)32)15-22(31)29-11-9-25(10-12-29)33-13-14-34-25/h1-8,19H,9-15H2. The Kier molecular flexibility index (Phi) is 5.70. The lowest BCUT2D eigenvalue weighted by atomic mass is 10.0. The first-order chi connectivity index (χ1) is 16.5. The number of aromatic nitrogens is 2. The van der Waals surface area contributed by atoms with Gasteiger partial charge < -0.3 is 4.90 Å². The second-order valence-electron chi connectivity index (χ2n) is 8.82. The summed E-state index contributed by atoms with van der Waals surface area (Å²) in [6.07, 6.45) is 2.28. The third-order valence-electron chi connectivity index (χ3n) is 6.89. The maximum absolute atomic E-state index is 13.4. The highest BCUT2D eigenvalue weighted by Gasteiger charge is 2.43. The van der Waals surface area contributed by atoms with Gasteiger partial charge >= 0.3 is 0 Å². The number of carbonyl (C=O) groups excluding carboxylic acids is 2. The topological polar surface area (TPSA) is 66.4 Å². The molecule has 6 rings (SSSR count). The van der Waals surface area contributed by atoms with Gasteiger partial charge in [-0.15, -0.1) is 23.5 Å². The Morgan fingerprint density at radius 2 is 1.76 bits per heavy atom. The number of benzene rings is 1. The van der Waals surface area contributed by atoms with Gasteiger partial charge in [0.15, 0.2) is 5.65 Å². The fraction of sp³-hybridized carbons (Fsp3) is 0.360. The molecule has 174 valence electrons. The zero-order chi connectivity index (χ0) is 23.3. The van der Waals surface area contributed by atoms with Crippen molar-refractivity contribution in [3.63, 3.8) is 0 Å². The number of nitrogens with zero attached hydrogens (tertiary/aromatic N) is 4. The smallest absolute Gasteiger partial charge is 0.260 e. The number of pyridine rings is 2. The molecule has 0 aliphatic carbocycles. The van der Waals surface area contributed by atoms with Crippen molar-refractivity contribution in [2.24, 2.45) is 0 Å². The van der Waals surface area contributed by atoms with E-state index < -0.39 is 6.04 Å². The van der Waals surface area contributed by atoms with Crippen LogP contribution in [-0.2, 0) is 4.79 Å². The van der Waals surface area contributed by atoms with E-state index in [0.29, 0.717) is 26.3 Å². The van der Waals surface area contributed by atoms with Crippen LogP contribution < -0.4 is 4.90 Å². The fourth-order valence-corrected chi connectivity index (χ4v) is 8.46. The maximum Gasteiger partial charge on any atom is 0.260 e. The van der Waals surface area contributed by atoms with Gasteiger partial charge in [-0.3, -0.25) is 14.5 Å². The van der Waals surface area contributed by atoms with Gasteiger partial charge in [-0.2, -0.15) is 0 Å². The minimum atomic E-state index is -0.397. The van der Waals surface area contributed by atoms with Gasteiger partial charge in [-0.1, -0.05) is 29.8 Å². The maximum atomic E-state index is 13.4. The van der Waals surface area contributed by atoms with Crippen LogP contribution in [0.5, 0.6) is 0 Å². The number of rotatable bonds is 3. The summed E-state index contributed by atoms with van der Waals surface area (Å²) in [5.74, 6) is 2.83. The van der Waals surface area contributed by atoms with Crippen molar-refractivity contribution in [1.29, 1.82) is 0 Å². The Labute approximate surface area is 211 Å². The van der Waals surface area contributed by atoms with Crippen molar-refractivity contribution in [3.8, 4) is 0 Å². The van der Waals surface area contributed by atoms with E-state index in [1.807, 2.05) is 47.4 Å². The van der Waals surface area contributed by atoms with Gasteiger partial charge in [0, 0.05) is 35.5 Å². The lowest BCUT2D eigenvalue weighted by molar-refractivity contribution is -0.132. The molecule has 2 amide bonds. The van der Waals surface area contributed by atoms with E-state index in [4.69, 9.17) is 11.6 Å². The number of carbonyl (C=O) groups is 2. The van der Waals surface area contributed by atoms with Crippen molar-refractivity contribution < 1.29 is 9.59 Å². The minimum Gasteiger partial charge on any atom is -0.342 e. The van der Waals surface area contributed by atoms with Crippen molar-refractivity contribution in [2.45, 2.75) is 29.4 Å². The van der Waals surface area contributed by atoms with E-state index in [1.54, 1.807) is 11.0 Å². The van der Waals surface area contributed by atoms with Gasteiger partial charge in [0.2, 0.25) is 5.91 Å². The predicted octanol–water partition coefficient (Wildman–Crippen LogP) is 5.17. The number of anilines is 1. The molecule has 1 aromatic carbocycles. The highest BCUT2D eigenvalue weighted by atomic mass is 35.5. The molecule has 3 aliphatic heterocycles. The molecular weight excluding hydrogens is 488 g/mol. The van der Waals surface area contributed by atoms with Crippen molar-refractivity contribution in [3.05, 3.63) is 64.8 Å². The predicted molar refractivity (Wildman–Crippen MR) is 139 cm³/mol. The van der Waals surface area contributed by atoms with Gasteiger partial charge in [-0.25, -0.2) is 9.97 Å². The molecular formula is C25H23ClN4O2S2. The van der Waals surface area contributed by atoms with Gasteiger partial charge in [0.1, 0.15) is 11.0 Å². The van der Waals surface area contributed by atoms with Crippen LogP contribution in [0.25, 0.3) is 11.0 Å².